The van der Waals surface area contributed by atoms with Crippen molar-refractivity contribution in [1.82, 2.24) is 9.38 Å². The fourth-order valence-corrected chi connectivity index (χ4v) is 2.37. The van der Waals surface area contributed by atoms with Crippen molar-refractivity contribution in [3.05, 3.63) is 69.1 Å². The minimum Gasteiger partial charge on any atom is -0.322 e. The number of hydrogen-bond donors (Lipinski definition) is 1. The summed E-state index contributed by atoms with van der Waals surface area (Å²) >= 11 is 5.75. The van der Waals surface area contributed by atoms with E-state index in [1.54, 1.807) is 22.7 Å². The minimum absolute atomic E-state index is 0.0160. The maximum Gasteiger partial charge on any atom is 0.289 e. The predicted molar refractivity (Wildman–Crippen MR) is 86.0 cm³/mol. The van der Waals surface area contributed by atoms with Crippen LogP contribution in [0.15, 0.2) is 42.7 Å². The highest BCUT2D eigenvalue weighted by Crippen LogP contribution is 2.27. The lowest BCUT2D eigenvalue weighted by atomic mass is 10.2. The molecule has 8 heteroatoms. The number of benzene rings is 1. The van der Waals surface area contributed by atoms with E-state index in [9.17, 15) is 14.9 Å². The molecular weight excluding hydrogens is 320 g/mol. The van der Waals surface area contributed by atoms with Crippen molar-refractivity contribution in [2.45, 2.75) is 6.92 Å². The van der Waals surface area contributed by atoms with E-state index in [1.807, 2.05) is 13.1 Å². The topological polar surface area (TPSA) is 89.5 Å². The van der Waals surface area contributed by atoms with Gasteiger partial charge >= 0.3 is 0 Å². The molecule has 1 N–H and O–H groups in total. The molecule has 0 bridgehead atoms. The predicted octanol–water partition coefficient (Wildman–Crippen LogP) is 3.46. The number of fused-ring (bicyclic) bond motifs is 1. The number of aromatic nitrogens is 2. The third-order valence-electron chi connectivity index (χ3n) is 3.24. The van der Waals surface area contributed by atoms with Crippen LogP contribution in [-0.4, -0.2) is 20.2 Å². The molecule has 0 fully saturated rings. The Labute approximate surface area is 135 Å². The zero-order valence-corrected chi connectivity index (χ0v) is 12.7. The largest absolute Gasteiger partial charge is 0.322 e. The first kappa shape index (κ1) is 15.0. The second kappa shape index (κ2) is 5.69. The molecule has 0 aliphatic rings. The first-order valence-corrected chi connectivity index (χ1v) is 7.02. The summed E-state index contributed by atoms with van der Waals surface area (Å²) in [6.07, 6.45) is 3.58. The van der Waals surface area contributed by atoms with Crippen LogP contribution < -0.4 is 5.32 Å². The number of halogens is 1. The molecule has 0 radical (unpaired) electrons. The molecule has 0 aliphatic carbocycles. The summed E-state index contributed by atoms with van der Waals surface area (Å²) in [5.74, 6) is -0.384. The highest BCUT2D eigenvalue weighted by molar-refractivity contribution is 6.32. The van der Waals surface area contributed by atoms with Gasteiger partial charge in [0.15, 0.2) is 0 Å². The molecule has 116 valence electrons. The standard InChI is InChI=1S/C15H11ClN4O3/c1-9-8-19-5-4-10(6-14(19)17-9)15(21)18-11-2-3-12(16)13(7-11)20(22)23/h2-8H,1H3,(H,18,21). The van der Waals surface area contributed by atoms with Crippen molar-refractivity contribution in [2.24, 2.45) is 0 Å². The second-order valence-corrected chi connectivity index (χ2v) is 5.35. The van der Waals surface area contributed by atoms with Gasteiger partial charge in [-0.2, -0.15) is 0 Å². The zero-order valence-electron chi connectivity index (χ0n) is 12.0. The van der Waals surface area contributed by atoms with E-state index in [1.165, 1.54) is 18.2 Å². The van der Waals surface area contributed by atoms with Crippen LogP contribution in [0.25, 0.3) is 5.65 Å². The normalized spacial score (nSPS) is 10.7. The van der Waals surface area contributed by atoms with Gasteiger partial charge in [-0.05, 0) is 31.2 Å². The van der Waals surface area contributed by atoms with Gasteiger partial charge in [0.05, 0.1) is 10.6 Å². The Balaban J connectivity index is 1.88. The maximum absolute atomic E-state index is 12.3. The number of amides is 1. The Morgan fingerprint density at radius 3 is 2.87 bits per heavy atom. The molecule has 23 heavy (non-hydrogen) atoms. The Bertz CT molecular complexity index is 936. The zero-order chi connectivity index (χ0) is 16.6. The van der Waals surface area contributed by atoms with Crippen LogP contribution in [-0.2, 0) is 0 Å². The first-order chi connectivity index (χ1) is 10.9. The Hall–Kier alpha value is -2.93. The molecule has 0 atom stereocenters. The van der Waals surface area contributed by atoms with Crippen LogP contribution in [0.1, 0.15) is 16.1 Å². The molecule has 1 amide bonds. The maximum atomic E-state index is 12.3. The number of hydrogen-bond acceptors (Lipinski definition) is 4. The molecule has 0 saturated heterocycles. The van der Waals surface area contributed by atoms with Gasteiger partial charge in [-0.25, -0.2) is 4.98 Å². The Kier molecular flexibility index (Phi) is 3.71. The fourth-order valence-electron chi connectivity index (χ4n) is 2.18. The summed E-state index contributed by atoms with van der Waals surface area (Å²) in [5.41, 5.74) is 1.93. The number of imidazole rings is 1. The highest BCUT2D eigenvalue weighted by atomic mass is 35.5. The molecule has 0 saturated carbocycles. The van der Waals surface area contributed by atoms with E-state index in [2.05, 4.69) is 10.3 Å². The van der Waals surface area contributed by atoms with E-state index < -0.39 is 4.92 Å². The summed E-state index contributed by atoms with van der Waals surface area (Å²) in [7, 11) is 0. The van der Waals surface area contributed by atoms with Crippen LogP contribution >= 0.6 is 11.6 Å². The van der Waals surface area contributed by atoms with Crippen molar-refractivity contribution in [3.8, 4) is 0 Å². The van der Waals surface area contributed by atoms with Gasteiger partial charge in [0.25, 0.3) is 11.6 Å². The van der Waals surface area contributed by atoms with Crippen molar-refractivity contribution < 1.29 is 9.72 Å². The quantitative estimate of drug-likeness (QED) is 0.588. The smallest absolute Gasteiger partial charge is 0.289 e. The molecule has 7 nitrogen and oxygen atoms in total. The van der Waals surface area contributed by atoms with Crippen LogP contribution in [0.4, 0.5) is 11.4 Å². The molecule has 0 spiro atoms. The van der Waals surface area contributed by atoms with Gasteiger partial charge in [0.2, 0.25) is 0 Å². The van der Waals surface area contributed by atoms with Crippen molar-refractivity contribution in [3.63, 3.8) is 0 Å². The minimum atomic E-state index is -0.600. The average Bonchev–Trinajstić information content (AvgIpc) is 2.87. The van der Waals surface area contributed by atoms with Crippen LogP contribution in [0.5, 0.6) is 0 Å². The third kappa shape index (κ3) is 3.00. The van der Waals surface area contributed by atoms with Gasteiger partial charge < -0.3 is 9.72 Å². The average molecular weight is 331 g/mol. The molecule has 0 unspecified atom stereocenters. The molecule has 2 aromatic heterocycles. The number of pyridine rings is 1. The number of anilines is 1. The number of rotatable bonds is 3. The van der Waals surface area contributed by atoms with Gasteiger partial charge in [-0.3, -0.25) is 14.9 Å². The summed E-state index contributed by atoms with van der Waals surface area (Å²) in [6.45, 7) is 1.86. The molecule has 2 heterocycles. The summed E-state index contributed by atoms with van der Waals surface area (Å²) in [6, 6.07) is 7.39. The number of nitro groups is 1. The van der Waals surface area contributed by atoms with E-state index in [4.69, 9.17) is 11.6 Å². The second-order valence-electron chi connectivity index (χ2n) is 4.94. The van der Waals surface area contributed by atoms with E-state index >= 15 is 0 Å². The van der Waals surface area contributed by atoms with Crippen molar-refractivity contribution in [1.29, 1.82) is 0 Å². The van der Waals surface area contributed by atoms with E-state index in [0.717, 1.165) is 5.69 Å². The number of carbonyl (C=O) groups excluding carboxylic acids is 1. The lowest BCUT2D eigenvalue weighted by Gasteiger charge is -2.06. The third-order valence-corrected chi connectivity index (χ3v) is 3.56. The Morgan fingerprint density at radius 2 is 2.13 bits per heavy atom. The molecule has 0 aliphatic heterocycles. The number of nitrogens with zero attached hydrogens (tertiary/aromatic N) is 3. The highest BCUT2D eigenvalue weighted by Gasteiger charge is 2.15. The number of nitrogens with one attached hydrogen (secondary N) is 1. The number of nitro benzene ring substituents is 1. The van der Waals surface area contributed by atoms with E-state index in [-0.39, 0.29) is 16.6 Å². The number of carbonyl (C=O) groups is 1. The summed E-state index contributed by atoms with van der Waals surface area (Å²) < 4.78 is 1.80. The molecular formula is C15H11ClN4O3. The monoisotopic (exact) mass is 330 g/mol. The Morgan fingerprint density at radius 1 is 1.35 bits per heavy atom. The van der Waals surface area contributed by atoms with Crippen LogP contribution in [0.2, 0.25) is 5.02 Å². The van der Waals surface area contributed by atoms with Gasteiger partial charge in [-0.15, -0.1) is 0 Å². The lowest BCUT2D eigenvalue weighted by molar-refractivity contribution is -0.384. The first-order valence-electron chi connectivity index (χ1n) is 6.65. The molecule has 3 aromatic rings. The molecule has 3 rings (SSSR count). The SMILES string of the molecule is Cc1cn2ccc(C(=O)Nc3ccc(Cl)c([N+](=O)[O-])c3)cc2n1. The van der Waals surface area contributed by atoms with Gasteiger partial charge in [0.1, 0.15) is 10.7 Å². The van der Waals surface area contributed by atoms with E-state index in [0.29, 0.717) is 16.9 Å². The van der Waals surface area contributed by atoms with Gasteiger partial charge in [-0.1, -0.05) is 11.6 Å². The lowest BCUT2D eigenvalue weighted by Crippen LogP contribution is -2.12. The van der Waals surface area contributed by atoms with Gasteiger partial charge in [0, 0.05) is 29.7 Å². The fraction of sp³-hybridized carbons (Fsp3) is 0.0667. The summed E-state index contributed by atoms with van der Waals surface area (Å²) in [4.78, 5) is 26.8. The van der Waals surface area contributed by atoms with Crippen LogP contribution in [0.3, 0.4) is 0 Å². The molecule has 1 aromatic carbocycles. The van der Waals surface area contributed by atoms with Crippen molar-refractivity contribution >= 4 is 34.5 Å². The van der Waals surface area contributed by atoms with Crippen LogP contribution in [0, 0.1) is 17.0 Å². The summed E-state index contributed by atoms with van der Waals surface area (Å²) in [5, 5.41) is 13.5. The number of aryl methyl sites for hydroxylation is 1. The van der Waals surface area contributed by atoms with Crippen molar-refractivity contribution in [2.75, 3.05) is 5.32 Å².